The van der Waals surface area contributed by atoms with Crippen LogP contribution < -0.4 is 4.74 Å². The molecule has 0 fully saturated rings. The smallest absolute Gasteiger partial charge is 0.229 e. The minimum Gasteiger partial charge on any atom is -0.494 e. The molecule has 0 aliphatic heterocycles. The van der Waals surface area contributed by atoms with Crippen molar-refractivity contribution in [2.75, 3.05) is 19.5 Å². The van der Waals surface area contributed by atoms with Crippen molar-refractivity contribution < 1.29 is 9.53 Å². The van der Waals surface area contributed by atoms with Gasteiger partial charge in [0.15, 0.2) is 0 Å². The van der Waals surface area contributed by atoms with Gasteiger partial charge in [-0.05, 0) is 38.0 Å². The van der Waals surface area contributed by atoms with E-state index < -0.39 is 5.41 Å². The molecule has 21 heavy (non-hydrogen) atoms. The van der Waals surface area contributed by atoms with Gasteiger partial charge in [-0.3, -0.25) is 4.79 Å². The number of carbonyl (C=O) groups excluding carboxylic acids is 1. The number of alkyl halides is 1. The summed E-state index contributed by atoms with van der Waals surface area (Å²) in [6, 6.07) is 7.91. The zero-order valence-electron chi connectivity index (χ0n) is 13.5. The molecule has 1 rings (SSSR count). The van der Waals surface area contributed by atoms with Crippen molar-refractivity contribution >= 4 is 17.5 Å². The summed E-state index contributed by atoms with van der Waals surface area (Å²) in [5, 5.41) is 0. The Balaban J connectivity index is 2.57. The monoisotopic (exact) mass is 311 g/mol. The molecule has 118 valence electrons. The molecular weight excluding hydrogens is 286 g/mol. The second-order valence-corrected chi connectivity index (χ2v) is 6.29. The maximum Gasteiger partial charge on any atom is 0.229 e. The number of halogens is 1. The summed E-state index contributed by atoms with van der Waals surface area (Å²) in [4.78, 5) is 14.0. The molecule has 0 aromatic heterocycles. The molecule has 0 N–H and O–H groups in total. The molecule has 0 heterocycles. The Morgan fingerprint density at radius 2 is 1.90 bits per heavy atom. The van der Waals surface area contributed by atoms with Crippen LogP contribution in [0.4, 0.5) is 0 Å². The third-order valence-corrected chi connectivity index (χ3v) is 4.04. The maximum absolute atomic E-state index is 12.3. The third-order valence-electron chi connectivity index (χ3n) is 3.37. The molecule has 0 unspecified atom stereocenters. The molecule has 1 aromatic carbocycles. The lowest BCUT2D eigenvalue weighted by molar-refractivity contribution is -0.138. The summed E-state index contributed by atoms with van der Waals surface area (Å²) in [5.74, 6) is 1.25. The van der Waals surface area contributed by atoms with E-state index in [9.17, 15) is 4.79 Å². The minimum atomic E-state index is -0.528. The topological polar surface area (TPSA) is 29.5 Å². The van der Waals surface area contributed by atoms with Gasteiger partial charge in [0, 0.05) is 19.5 Å². The highest BCUT2D eigenvalue weighted by molar-refractivity contribution is 6.19. The normalized spacial score (nSPS) is 11.3. The van der Waals surface area contributed by atoms with E-state index in [0.717, 1.165) is 30.8 Å². The zero-order chi connectivity index (χ0) is 15.9. The number of hydrogen-bond donors (Lipinski definition) is 0. The number of ether oxygens (including phenoxy) is 1. The molecular formula is C17H26ClNO2. The van der Waals surface area contributed by atoms with Crippen LogP contribution in [0.1, 0.15) is 39.2 Å². The van der Waals surface area contributed by atoms with E-state index in [1.165, 1.54) is 0 Å². The van der Waals surface area contributed by atoms with E-state index in [1.54, 1.807) is 4.90 Å². The second-order valence-electron chi connectivity index (χ2n) is 6.02. The average molecular weight is 312 g/mol. The highest BCUT2D eigenvalue weighted by Crippen LogP contribution is 2.21. The summed E-state index contributed by atoms with van der Waals surface area (Å²) in [7, 11) is 1.81. The first-order valence-electron chi connectivity index (χ1n) is 7.44. The number of amides is 1. The predicted octanol–water partition coefficient (Wildman–Crippen LogP) is 4.09. The molecule has 0 spiro atoms. The summed E-state index contributed by atoms with van der Waals surface area (Å²) in [6.45, 7) is 7.20. The third kappa shape index (κ3) is 5.58. The fourth-order valence-electron chi connectivity index (χ4n) is 1.94. The van der Waals surface area contributed by atoms with Crippen molar-refractivity contribution in [3.8, 4) is 5.75 Å². The number of hydrogen-bond acceptors (Lipinski definition) is 2. The van der Waals surface area contributed by atoms with Crippen LogP contribution in [0.2, 0.25) is 0 Å². The molecule has 0 saturated heterocycles. The SMILES string of the molecule is CCCCOc1ccc(CN(C)C(=O)C(C)(C)CCl)cc1. The molecule has 3 nitrogen and oxygen atoms in total. The predicted molar refractivity (Wildman–Crippen MR) is 87.8 cm³/mol. The second kappa shape index (κ2) is 8.28. The Bertz CT molecular complexity index is 443. The van der Waals surface area contributed by atoms with Crippen molar-refractivity contribution in [2.24, 2.45) is 5.41 Å². The summed E-state index contributed by atoms with van der Waals surface area (Å²) in [5.41, 5.74) is 0.554. The first-order chi connectivity index (χ1) is 9.90. The van der Waals surface area contributed by atoms with Crippen molar-refractivity contribution in [3.05, 3.63) is 29.8 Å². The van der Waals surface area contributed by atoms with Gasteiger partial charge >= 0.3 is 0 Å². The van der Waals surface area contributed by atoms with Crippen molar-refractivity contribution in [1.29, 1.82) is 0 Å². The molecule has 1 aromatic rings. The lowest BCUT2D eigenvalue weighted by Crippen LogP contribution is -2.39. The molecule has 0 aliphatic carbocycles. The molecule has 0 bridgehead atoms. The molecule has 1 amide bonds. The first-order valence-corrected chi connectivity index (χ1v) is 7.97. The number of rotatable bonds is 8. The summed E-state index contributed by atoms with van der Waals surface area (Å²) in [6.07, 6.45) is 2.19. The van der Waals surface area contributed by atoms with E-state index in [-0.39, 0.29) is 5.91 Å². The fraction of sp³-hybridized carbons (Fsp3) is 0.588. The molecule has 0 aliphatic rings. The van der Waals surface area contributed by atoms with Gasteiger partial charge in [0.2, 0.25) is 5.91 Å². The van der Waals surface area contributed by atoms with Crippen LogP contribution in [-0.2, 0) is 11.3 Å². The zero-order valence-corrected chi connectivity index (χ0v) is 14.2. The van der Waals surface area contributed by atoms with Gasteiger partial charge in [0.05, 0.1) is 12.0 Å². The Morgan fingerprint density at radius 3 is 2.43 bits per heavy atom. The Hall–Kier alpha value is -1.22. The Morgan fingerprint density at radius 1 is 1.29 bits per heavy atom. The van der Waals surface area contributed by atoms with Gasteiger partial charge < -0.3 is 9.64 Å². The lowest BCUT2D eigenvalue weighted by Gasteiger charge is -2.27. The van der Waals surface area contributed by atoms with Gasteiger partial charge in [-0.25, -0.2) is 0 Å². The molecule has 0 radical (unpaired) electrons. The van der Waals surface area contributed by atoms with E-state index in [4.69, 9.17) is 16.3 Å². The Kier molecular flexibility index (Phi) is 7.03. The number of benzene rings is 1. The van der Waals surface area contributed by atoms with Crippen LogP contribution in [0, 0.1) is 5.41 Å². The maximum atomic E-state index is 12.3. The van der Waals surface area contributed by atoms with Crippen molar-refractivity contribution in [3.63, 3.8) is 0 Å². The van der Waals surface area contributed by atoms with E-state index in [2.05, 4.69) is 6.92 Å². The van der Waals surface area contributed by atoms with Crippen LogP contribution in [0.25, 0.3) is 0 Å². The van der Waals surface area contributed by atoms with Gasteiger partial charge in [-0.15, -0.1) is 11.6 Å². The van der Waals surface area contributed by atoms with Crippen molar-refractivity contribution in [2.45, 2.75) is 40.2 Å². The van der Waals surface area contributed by atoms with Crippen LogP contribution in [0.5, 0.6) is 5.75 Å². The standard InChI is InChI=1S/C17H26ClNO2/c1-5-6-11-21-15-9-7-14(8-10-15)12-19(4)16(20)17(2,3)13-18/h7-10H,5-6,11-13H2,1-4H3. The van der Waals surface area contributed by atoms with Gasteiger partial charge in [0.25, 0.3) is 0 Å². The van der Waals surface area contributed by atoms with E-state index >= 15 is 0 Å². The van der Waals surface area contributed by atoms with Gasteiger partial charge in [-0.2, -0.15) is 0 Å². The number of unbranched alkanes of at least 4 members (excludes halogenated alkanes) is 1. The summed E-state index contributed by atoms with van der Waals surface area (Å²) < 4.78 is 5.63. The van der Waals surface area contributed by atoms with Gasteiger partial charge in [0.1, 0.15) is 5.75 Å². The van der Waals surface area contributed by atoms with Crippen molar-refractivity contribution in [1.82, 2.24) is 4.90 Å². The highest BCUT2D eigenvalue weighted by Gasteiger charge is 2.29. The molecule has 4 heteroatoms. The molecule has 0 saturated carbocycles. The summed E-state index contributed by atoms with van der Waals surface area (Å²) >= 11 is 5.85. The van der Waals surface area contributed by atoms with Crippen LogP contribution in [0.3, 0.4) is 0 Å². The van der Waals surface area contributed by atoms with Crippen LogP contribution in [0.15, 0.2) is 24.3 Å². The van der Waals surface area contributed by atoms with Crippen LogP contribution >= 0.6 is 11.6 Å². The van der Waals surface area contributed by atoms with E-state index in [0.29, 0.717) is 12.4 Å². The average Bonchev–Trinajstić information content (AvgIpc) is 2.48. The first kappa shape index (κ1) is 17.8. The lowest BCUT2D eigenvalue weighted by atomic mass is 9.94. The highest BCUT2D eigenvalue weighted by atomic mass is 35.5. The quantitative estimate of drug-likeness (QED) is 0.534. The van der Waals surface area contributed by atoms with Gasteiger partial charge in [-0.1, -0.05) is 25.5 Å². The largest absolute Gasteiger partial charge is 0.494 e. The van der Waals surface area contributed by atoms with Crippen LogP contribution in [-0.4, -0.2) is 30.3 Å². The molecule has 0 atom stereocenters. The fourth-order valence-corrected chi connectivity index (χ4v) is 2.06. The minimum absolute atomic E-state index is 0.0563. The van der Waals surface area contributed by atoms with E-state index in [1.807, 2.05) is 45.2 Å². The number of carbonyl (C=O) groups is 1. The number of nitrogens with zero attached hydrogens (tertiary/aromatic N) is 1. The Labute approximate surface area is 133 Å².